The molecule has 1 aromatic heterocycles. The molecular weight excluding hydrogens is 462 g/mol. The van der Waals surface area contributed by atoms with Crippen LogP contribution in [0.25, 0.3) is 17.4 Å². The van der Waals surface area contributed by atoms with E-state index < -0.39 is 16.7 Å². The van der Waals surface area contributed by atoms with Crippen LogP contribution >= 0.6 is 12.2 Å². The smallest absolute Gasteiger partial charge is 0.273 e. The van der Waals surface area contributed by atoms with Crippen molar-refractivity contribution in [2.45, 2.75) is 0 Å². The molecule has 0 aliphatic carbocycles. The Hall–Kier alpha value is -4.51. The lowest BCUT2D eigenvalue weighted by Crippen LogP contribution is -2.54. The zero-order valence-electron chi connectivity index (χ0n) is 17.9. The van der Waals surface area contributed by atoms with Gasteiger partial charge in [0.25, 0.3) is 17.5 Å². The van der Waals surface area contributed by atoms with Gasteiger partial charge in [-0.3, -0.25) is 29.9 Å². The SMILES string of the molecule is COc1ccc(N2C(=O)/C(=C\c3ccc(-c4ccc([N+](=O)[O-])cc4OC)o3)C(=O)NC2=S)cc1. The average Bonchev–Trinajstić information content (AvgIpc) is 3.30. The molecule has 2 amide bonds. The molecule has 2 aromatic carbocycles. The van der Waals surface area contributed by atoms with E-state index in [-0.39, 0.29) is 27.9 Å². The van der Waals surface area contributed by atoms with E-state index in [1.165, 1.54) is 43.4 Å². The maximum atomic E-state index is 13.1. The standard InChI is InChI=1S/C23H17N3O7S/c1-31-15-6-3-13(4-7-15)25-22(28)18(21(27)24-23(25)34)12-16-8-10-19(33-16)17-9-5-14(26(29)30)11-20(17)32-2/h3-12H,1-2H3,(H,24,27,34)/b18-12-. The van der Waals surface area contributed by atoms with Crippen molar-refractivity contribution in [2.24, 2.45) is 0 Å². The number of amides is 2. The summed E-state index contributed by atoms with van der Waals surface area (Å²) in [6.07, 6.45) is 1.30. The van der Waals surface area contributed by atoms with E-state index in [9.17, 15) is 19.7 Å². The molecule has 1 saturated heterocycles. The summed E-state index contributed by atoms with van der Waals surface area (Å²) in [6.45, 7) is 0. The highest BCUT2D eigenvalue weighted by molar-refractivity contribution is 7.80. The molecule has 11 heteroatoms. The van der Waals surface area contributed by atoms with Crippen molar-refractivity contribution in [3.05, 3.63) is 76.0 Å². The van der Waals surface area contributed by atoms with Crippen LogP contribution in [-0.4, -0.2) is 36.1 Å². The molecule has 1 aliphatic rings. The number of anilines is 1. The minimum absolute atomic E-state index is 0.0481. The summed E-state index contributed by atoms with van der Waals surface area (Å²) in [7, 11) is 2.91. The highest BCUT2D eigenvalue weighted by Crippen LogP contribution is 2.35. The third-order valence-corrected chi connectivity index (χ3v) is 5.29. The van der Waals surface area contributed by atoms with Crippen molar-refractivity contribution < 1.29 is 28.4 Å². The Morgan fingerprint density at radius 3 is 2.44 bits per heavy atom. The van der Waals surface area contributed by atoms with E-state index in [0.29, 0.717) is 22.8 Å². The number of nitro benzene ring substituents is 1. The lowest BCUT2D eigenvalue weighted by molar-refractivity contribution is -0.384. The van der Waals surface area contributed by atoms with Gasteiger partial charge < -0.3 is 13.9 Å². The van der Waals surface area contributed by atoms with E-state index in [1.807, 2.05) is 0 Å². The number of benzene rings is 2. The fraction of sp³-hybridized carbons (Fsp3) is 0.0870. The monoisotopic (exact) mass is 479 g/mol. The first-order valence-electron chi connectivity index (χ1n) is 9.80. The van der Waals surface area contributed by atoms with Gasteiger partial charge >= 0.3 is 0 Å². The Morgan fingerprint density at radius 1 is 1.06 bits per heavy atom. The molecule has 1 N–H and O–H groups in total. The van der Waals surface area contributed by atoms with Crippen LogP contribution in [0.1, 0.15) is 5.76 Å². The van der Waals surface area contributed by atoms with Gasteiger partial charge in [-0.25, -0.2) is 0 Å². The van der Waals surface area contributed by atoms with Crippen LogP contribution in [0, 0.1) is 10.1 Å². The van der Waals surface area contributed by atoms with Gasteiger partial charge in [0.1, 0.15) is 28.6 Å². The summed E-state index contributed by atoms with van der Waals surface area (Å²) in [5.41, 5.74) is 0.616. The number of nitro groups is 1. The average molecular weight is 479 g/mol. The number of hydrogen-bond donors (Lipinski definition) is 1. The number of thiocarbonyl (C=S) groups is 1. The maximum absolute atomic E-state index is 13.1. The van der Waals surface area contributed by atoms with Crippen LogP contribution in [-0.2, 0) is 9.59 Å². The van der Waals surface area contributed by atoms with E-state index in [4.69, 9.17) is 26.1 Å². The second-order valence-corrected chi connectivity index (χ2v) is 7.39. The molecule has 0 spiro atoms. The Kier molecular flexibility index (Phi) is 6.11. The Bertz CT molecular complexity index is 1340. The summed E-state index contributed by atoms with van der Waals surface area (Å²) in [4.78, 5) is 37.3. The highest BCUT2D eigenvalue weighted by atomic mass is 32.1. The summed E-state index contributed by atoms with van der Waals surface area (Å²) in [5.74, 6) is 0.116. The van der Waals surface area contributed by atoms with Crippen molar-refractivity contribution in [2.75, 3.05) is 19.1 Å². The summed E-state index contributed by atoms with van der Waals surface area (Å²) < 4.78 is 16.2. The quantitative estimate of drug-likeness (QED) is 0.187. The predicted molar refractivity (Wildman–Crippen MR) is 127 cm³/mol. The van der Waals surface area contributed by atoms with Crippen LogP contribution < -0.4 is 19.7 Å². The minimum atomic E-state index is -0.661. The van der Waals surface area contributed by atoms with E-state index in [1.54, 1.807) is 36.4 Å². The van der Waals surface area contributed by atoms with Gasteiger partial charge in [0.05, 0.1) is 36.5 Å². The highest BCUT2D eigenvalue weighted by Gasteiger charge is 2.34. The van der Waals surface area contributed by atoms with Gasteiger partial charge in [-0.1, -0.05) is 0 Å². The normalized spacial score (nSPS) is 14.8. The van der Waals surface area contributed by atoms with Crippen molar-refractivity contribution in [3.63, 3.8) is 0 Å². The number of methoxy groups -OCH3 is 2. The third kappa shape index (κ3) is 4.24. The van der Waals surface area contributed by atoms with Crippen LogP contribution in [0.3, 0.4) is 0 Å². The molecule has 0 radical (unpaired) electrons. The first kappa shape index (κ1) is 22.7. The summed E-state index contributed by atoms with van der Waals surface area (Å²) in [6, 6.07) is 13.9. The number of nitrogens with one attached hydrogen (secondary N) is 1. The largest absolute Gasteiger partial charge is 0.497 e. The molecule has 1 aliphatic heterocycles. The Balaban J connectivity index is 1.66. The van der Waals surface area contributed by atoms with Gasteiger partial charge in [-0.05, 0) is 60.8 Å². The van der Waals surface area contributed by atoms with Crippen LogP contribution in [0.15, 0.2) is 64.6 Å². The van der Waals surface area contributed by atoms with Gasteiger partial charge in [0.2, 0.25) is 0 Å². The number of carbonyl (C=O) groups excluding carboxylic acids is 2. The Morgan fingerprint density at radius 2 is 1.79 bits per heavy atom. The fourth-order valence-electron chi connectivity index (χ4n) is 3.34. The number of nitrogens with zero attached hydrogens (tertiary/aromatic N) is 2. The molecule has 172 valence electrons. The molecule has 0 unspecified atom stereocenters. The lowest BCUT2D eigenvalue weighted by Gasteiger charge is -2.28. The van der Waals surface area contributed by atoms with Gasteiger partial charge in [0.15, 0.2) is 5.11 Å². The first-order chi connectivity index (χ1) is 16.3. The number of carbonyl (C=O) groups is 2. The topological polar surface area (TPSA) is 124 Å². The summed E-state index contributed by atoms with van der Waals surface area (Å²) >= 11 is 5.20. The third-order valence-electron chi connectivity index (χ3n) is 5.01. The second kappa shape index (κ2) is 9.16. The zero-order chi connectivity index (χ0) is 24.4. The molecule has 3 aromatic rings. The minimum Gasteiger partial charge on any atom is -0.497 e. The predicted octanol–water partition coefficient (Wildman–Crippen LogP) is 3.70. The van der Waals surface area contributed by atoms with Gasteiger partial charge in [-0.2, -0.15) is 0 Å². The second-order valence-electron chi connectivity index (χ2n) is 7.00. The maximum Gasteiger partial charge on any atom is 0.273 e. The number of rotatable bonds is 6. The van der Waals surface area contributed by atoms with Crippen molar-refractivity contribution >= 4 is 46.6 Å². The number of non-ortho nitro benzene ring substituents is 1. The fourth-order valence-corrected chi connectivity index (χ4v) is 3.62. The van der Waals surface area contributed by atoms with Crippen molar-refractivity contribution in [1.29, 1.82) is 0 Å². The van der Waals surface area contributed by atoms with Gasteiger partial charge in [-0.15, -0.1) is 0 Å². The number of hydrogen-bond acceptors (Lipinski definition) is 8. The molecule has 1 fully saturated rings. The molecule has 2 heterocycles. The molecule has 34 heavy (non-hydrogen) atoms. The molecule has 0 bridgehead atoms. The van der Waals surface area contributed by atoms with Crippen LogP contribution in [0.5, 0.6) is 11.5 Å². The molecule has 10 nitrogen and oxygen atoms in total. The molecular formula is C23H17N3O7S. The van der Waals surface area contributed by atoms with E-state index >= 15 is 0 Å². The molecule has 0 saturated carbocycles. The van der Waals surface area contributed by atoms with Crippen molar-refractivity contribution in [3.8, 4) is 22.8 Å². The van der Waals surface area contributed by atoms with Crippen LogP contribution in [0.2, 0.25) is 0 Å². The van der Waals surface area contributed by atoms with E-state index in [0.717, 1.165) is 0 Å². The summed E-state index contributed by atoms with van der Waals surface area (Å²) in [5, 5.41) is 13.5. The molecule has 0 atom stereocenters. The zero-order valence-corrected chi connectivity index (χ0v) is 18.8. The van der Waals surface area contributed by atoms with Crippen LogP contribution in [0.4, 0.5) is 11.4 Å². The number of furan rings is 1. The number of ether oxygens (including phenoxy) is 2. The molecule has 4 rings (SSSR count). The lowest BCUT2D eigenvalue weighted by atomic mass is 10.1. The Labute approximate surface area is 198 Å². The van der Waals surface area contributed by atoms with E-state index in [2.05, 4.69) is 5.32 Å². The first-order valence-corrected chi connectivity index (χ1v) is 10.2. The van der Waals surface area contributed by atoms with Gasteiger partial charge in [0, 0.05) is 6.07 Å². The van der Waals surface area contributed by atoms with Crippen molar-refractivity contribution in [1.82, 2.24) is 5.32 Å².